The van der Waals surface area contributed by atoms with Crippen LogP contribution in [0.25, 0.3) is 0 Å². The van der Waals surface area contributed by atoms with Crippen LogP contribution in [0.5, 0.6) is 0 Å². The van der Waals surface area contributed by atoms with Gasteiger partial charge in [-0.15, -0.1) is 0 Å². The number of rotatable bonds is 6. The third-order valence-electron chi connectivity index (χ3n) is 2.60. The molecule has 84 valence electrons. The second-order valence-corrected chi connectivity index (χ2v) is 3.95. The lowest BCUT2D eigenvalue weighted by Crippen LogP contribution is -2.38. The summed E-state index contributed by atoms with van der Waals surface area (Å²) in [5, 5.41) is 0. The van der Waals surface area contributed by atoms with E-state index in [9.17, 15) is 4.79 Å². The molecular formula is C11H24N2O. The van der Waals surface area contributed by atoms with Gasteiger partial charge in [-0.25, -0.2) is 0 Å². The molecule has 0 heterocycles. The predicted molar refractivity (Wildman–Crippen MR) is 60.0 cm³/mol. The van der Waals surface area contributed by atoms with E-state index in [2.05, 4.69) is 13.8 Å². The molecule has 0 aromatic carbocycles. The van der Waals surface area contributed by atoms with Crippen molar-refractivity contribution in [3.63, 3.8) is 0 Å². The van der Waals surface area contributed by atoms with Gasteiger partial charge < -0.3 is 10.6 Å². The molecule has 1 amide bonds. The topological polar surface area (TPSA) is 46.3 Å². The van der Waals surface area contributed by atoms with E-state index in [1.54, 1.807) is 0 Å². The third kappa shape index (κ3) is 4.61. The molecule has 0 rings (SSSR count). The number of hydrogen-bond donors (Lipinski definition) is 1. The highest BCUT2D eigenvalue weighted by Gasteiger charge is 2.16. The van der Waals surface area contributed by atoms with Crippen LogP contribution in [0.15, 0.2) is 0 Å². The lowest BCUT2D eigenvalue weighted by molar-refractivity contribution is -0.133. The maximum Gasteiger partial charge on any atom is 0.222 e. The molecule has 0 aliphatic carbocycles. The zero-order valence-electron chi connectivity index (χ0n) is 9.92. The molecule has 14 heavy (non-hydrogen) atoms. The SMILES string of the molecule is CCC(C)N(CC)C(=O)CCC(C)N. The highest BCUT2D eigenvalue weighted by molar-refractivity contribution is 5.76. The summed E-state index contributed by atoms with van der Waals surface area (Å²) in [6, 6.07) is 0.468. The first kappa shape index (κ1) is 13.4. The Balaban J connectivity index is 4.04. The van der Waals surface area contributed by atoms with Crippen molar-refractivity contribution in [2.24, 2.45) is 5.73 Å². The van der Waals surface area contributed by atoms with E-state index in [0.29, 0.717) is 12.5 Å². The van der Waals surface area contributed by atoms with Crippen molar-refractivity contribution in [1.29, 1.82) is 0 Å². The standard InChI is InChI=1S/C11H24N2O/c1-5-10(4)13(6-2)11(14)8-7-9(3)12/h9-10H,5-8,12H2,1-4H3. The summed E-state index contributed by atoms with van der Waals surface area (Å²) in [6.45, 7) is 8.95. The maximum absolute atomic E-state index is 11.7. The minimum Gasteiger partial charge on any atom is -0.340 e. The van der Waals surface area contributed by atoms with Crippen LogP contribution in [-0.4, -0.2) is 29.4 Å². The van der Waals surface area contributed by atoms with Crippen molar-refractivity contribution in [2.75, 3.05) is 6.54 Å². The molecule has 0 saturated heterocycles. The quantitative estimate of drug-likeness (QED) is 0.710. The van der Waals surface area contributed by atoms with Gasteiger partial charge in [0.05, 0.1) is 0 Å². The zero-order chi connectivity index (χ0) is 11.1. The highest BCUT2D eigenvalue weighted by Crippen LogP contribution is 2.07. The Labute approximate surface area is 87.6 Å². The van der Waals surface area contributed by atoms with Crippen molar-refractivity contribution in [3.05, 3.63) is 0 Å². The van der Waals surface area contributed by atoms with E-state index in [-0.39, 0.29) is 11.9 Å². The minimum absolute atomic E-state index is 0.120. The second kappa shape index (κ2) is 6.82. The van der Waals surface area contributed by atoms with Gasteiger partial charge in [-0.1, -0.05) is 6.92 Å². The smallest absolute Gasteiger partial charge is 0.222 e. The van der Waals surface area contributed by atoms with Gasteiger partial charge in [0.1, 0.15) is 0 Å². The van der Waals surface area contributed by atoms with Gasteiger partial charge >= 0.3 is 0 Å². The first-order valence-corrected chi connectivity index (χ1v) is 5.57. The van der Waals surface area contributed by atoms with Gasteiger partial charge in [-0.3, -0.25) is 4.79 Å². The molecule has 0 aromatic rings. The monoisotopic (exact) mass is 200 g/mol. The number of carbonyl (C=O) groups excluding carboxylic acids is 1. The molecular weight excluding hydrogens is 176 g/mol. The van der Waals surface area contributed by atoms with Gasteiger partial charge in [0.25, 0.3) is 0 Å². The largest absolute Gasteiger partial charge is 0.340 e. The van der Waals surface area contributed by atoms with Crippen LogP contribution >= 0.6 is 0 Å². The van der Waals surface area contributed by atoms with E-state index < -0.39 is 0 Å². The molecule has 0 bridgehead atoms. The normalized spacial score (nSPS) is 14.9. The molecule has 3 nitrogen and oxygen atoms in total. The van der Waals surface area contributed by atoms with E-state index in [1.165, 1.54) is 0 Å². The van der Waals surface area contributed by atoms with Crippen molar-refractivity contribution in [1.82, 2.24) is 4.90 Å². The van der Waals surface area contributed by atoms with E-state index in [0.717, 1.165) is 19.4 Å². The summed E-state index contributed by atoms with van der Waals surface area (Å²) in [7, 11) is 0. The summed E-state index contributed by atoms with van der Waals surface area (Å²) in [6.07, 6.45) is 2.37. The molecule has 0 aliphatic rings. The third-order valence-corrected chi connectivity index (χ3v) is 2.60. The van der Waals surface area contributed by atoms with E-state index >= 15 is 0 Å². The van der Waals surface area contributed by atoms with Crippen molar-refractivity contribution in [3.8, 4) is 0 Å². The summed E-state index contributed by atoms with van der Waals surface area (Å²) < 4.78 is 0. The average molecular weight is 200 g/mol. The maximum atomic E-state index is 11.7. The number of nitrogens with zero attached hydrogens (tertiary/aromatic N) is 1. The Bertz CT molecular complexity index is 169. The molecule has 0 radical (unpaired) electrons. The number of carbonyl (C=O) groups is 1. The van der Waals surface area contributed by atoms with Crippen molar-refractivity contribution < 1.29 is 4.79 Å². The summed E-state index contributed by atoms with van der Waals surface area (Å²) in [5.74, 6) is 0.235. The van der Waals surface area contributed by atoms with Crippen LogP contribution in [0, 0.1) is 0 Å². The Morgan fingerprint density at radius 2 is 1.93 bits per heavy atom. The first-order valence-electron chi connectivity index (χ1n) is 5.57. The van der Waals surface area contributed by atoms with Gasteiger partial charge in [0.15, 0.2) is 0 Å². The van der Waals surface area contributed by atoms with Crippen LogP contribution in [0.1, 0.15) is 47.0 Å². The summed E-state index contributed by atoms with van der Waals surface area (Å²) in [4.78, 5) is 13.7. The minimum atomic E-state index is 0.120. The fourth-order valence-corrected chi connectivity index (χ4v) is 1.45. The van der Waals surface area contributed by atoms with E-state index in [4.69, 9.17) is 5.73 Å². The molecule has 2 N–H and O–H groups in total. The van der Waals surface area contributed by atoms with Crippen LogP contribution in [0.3, 0.4) is 0 Å². The Hall–Kier alpha value is -0.570. The molecule has 0 aliphatic heterocycles. The van der Waals surface area contributed by atoms with Crippen LogP contribution in [0.2, 0.25) is 0 Å². The molecule has 3 heteroatoms. The number of amides is 1. The predicted octanol–water partition coefficient (Wildman–Crippen LogP) is 1.76. The highest BCUT2D eigenvalue weighted by atomic mass is 16.2. The fraction of sp³-hybridized carbons (Fsp3) is 0.909. The molecule has 0 spiro atoms. The van der Waals surface area contributed by atoms with Gasteiger partial charge in [-0.05, 0) is 33.6 Å². The lowest BCUT2D eigenvalue weighted by Gasteiger charge is -2.27. The van der Waals surface area contributed by atoms with Crippen LogP contribution in [0.4, 0.5) is 0 Å². The Morgan fingerprint density at radius 1 is 1.36 bits per heavy atom. The van der Waals surface area contributed by atoms with Crippen LogP contribution in [-0.2, 0) is 4.79 Å². The molecule has 0 fully saturated rings. The summed E-state index contributed by atoms with van der Waals surface area (Å²) in [5.41, 5.74) is 5.62. The van der Waals surface area contributed by atoms with Gasteiger partial charge in [-0.2, -0.15) is 0 Å². The Kier molecular flexibility index (Phi) is 6.54. The summed E-state index contributed by atoms with van der Waals surface area (Å²) >= 11 is 0. The zero-order valence-corrected chi connectivity index (χ0v) is 9.92. The molecule has 2 unspecified atom stereocenters. The molecule has 0 aromatic heterocycles. The molecule has 2 atom stereocenters. The van der Waals surface area contributed by atoms with E-state index in [1.807, 2.05) is 18.7 Å². The first-order chi connectivity index (χ1) is 6.52. The number of hydrogen-bond acceptors (Lipinski definition) is 2. The lowest BCUT2D eigenvalue weighted by atomic mass is 10.1. The average Bonchev–Trinajstić information content (AvgIpc) is 2.15. The van der Waals surface area contributed by atoms with Crippen molar-refractivity contribution in [2.45, 2.75) is 59.0 Å². The number of nitrogens with two attached hydrogens (primary N) is 1. The van der Waals surface area contributed by atoms with Crippen LogP contribution < -0.4 is 5.73 Å². The second-order valence-electron chi connectivity index (χ2n) is 3.95. The van der Waals surface area contributed by atoms with Crippen molar-refractivity contribution >= 4 is 5.91 Å². The fourth-order valence-electron chi connectivity index (χ4n) is 1.45. The Morgan fingerprint density at radius 3 is 2.29 bits per heavy atom. The molecule has 0 saturated carbocycles. The van der Waals surface area contributed by atoms with Gasteiger partial charge in [0, 0.05) is 25.0 Å². The van der Waals surface area contributed by atoms with Gasteiger partial charge in [0.2, 0.25) is 5.91 Å².